The van der Waals surface area contributed by atoms with E-state index in [4.69, 9.17) is 0 Å². The van der Waals surface area contributed by atoms with Crippen molar-refractivity contribution in [2.75, 3.05) is 11.9 Å². The number of nitro benzene ring substituents is 1. The van der Waals surface area contributed by atoms with E-state index in [9.17, 15) is 20.0 Å². The van der Waals surface area contributed by atoms with E-state index in [0.717, 1.165) is 5.56 Å². The maximum Gasteiger partial charge on any atom is 0.407 e. The van der Waals surface area contributed by atoms with Gasteiger partial charge in [0.15, 0.2) is 0 Å². The summed E-state index contributed by atoms with van der Waals surface area (Å²) in [6, 6.07) is 4.91. The van der Waals surface area contributed by atoms with Crippen LogP contribution in [0.2, 0.25) is 0 Å². The molecule has 0 aliphatic heterocycles. The Morgan fingerprint density at radius 1 is 1.29 bits per heavy atom. The largest absolute Gasteiger partial charge is 0.465 e. The van der Waals surface area contributed by atoms with Crippen LogP contribution in [0.1, 0.15) is 46.6 Å². The molecule has 0 radical (unpaired) electrons. The number of anilines is 1. The lowest BCUT2D eigenvalue weighted by molar-refractivity contribution is -0.384. The van der Waals surface area contributed by atoms with Gasteiger partial charge < -0.3 is 15.3 Å². The summed E-state index contributed by atoms with van der Waals surface area (Å²) in [6.07, 6.45) is -0.457. The van der Waals surface area contributed by atoms with E-state index in [2.05, 4.69) is 5.32 Å². The predicted octanol–water partition coefficient (Wildman–Crippen LogP) is 4.26. The molecule has 0 saturated heterocycles. The zero-order chi connectivity index (χ0) is 18.7. The molecule has 0 spiro atoms. The minimum atomic E-state index is -0.972. The van der Waals surface area contributed by atoms with Gasteiger partial charge in [0.25, 0.3) is 5.69 Å². The minimum Gasteiger partial charge on any atom is -0.465 e. The summed E-state index contributed by atoms with van der Waals surface area (Å²) in [4.78, 5) is 23.6. The van der Waals surface area contributed by atoms with Crippen molar-refractivity contribution in [1.29, 1.82) is 0 Å². The van der Waals surface area contributed by atoms with Crippen LogP contribution in [-0.4, -0.2) is 38.6 Å². The molecule has 24 heavy (non-hydrogen) atoms. The highest BCUT2D eigenvalue weighted by molar-refractivity contribution is 5.66. The number of aryl methyl sites for hydroxylation is 1. The van der Waals surface area contributed by atoms with E-state index in [1.807, 2.05) is 41.5 Å². The van der Waals surface area contributed by atoms with E-state index >= 15 is 0 Å². The number of hydrogen-bond acceptors (Lipinski definition) is 4. The second-order valence-electron chi connectivity index (χ2n) is 7.64. The van der Waals surface area contributed by atoms with Gasteiger partial charge in [-0.15, -0.1) is 0 Å². The first kappa shape index (κ1) is 19.7. The van der Waals surface area contributed by atoms with Crippen molar-refractivity contribution in [3.8, 4) is 0 Å². The number of carboxylic acid groups (broad SMARTS) is 1. The molecule has 0 atom stereocenters. The summed E-state index contributed by atoms with van der Waals surface area (Å²) < 4.78 is 0. The van der Waals surface area contributed by atoms with Crippen molar-refractivity contribution in [2.24, 2.45) is 0 Å². The Balaban J connectivity index is 2.93. The molecule has 7 nitrogen and oxygen atoms in total. The lowest BCUT2D eigenvalue weighted by atomic mass is 9.97. The molecule has 0 heterocycles. The van der Waals surface area contributed by atoms with E-state index in [1.165, 1.54) is 11.0 Å². The van der Waals surface area contributed by atoms with Crippen LogP contribution >= 0.6 is 0 Å². The second kappa shape index (κ2) is 7.07. The van der Waals surface area contributed by atoms with Gasteiger partial charge in [0.1, 0.15) is 5.69 Å². The van der Waals surface area contributed by atoms with Crippen molar-refractivity contribution in [3.05, 3.63) is 33.9 Å². The molecule has 1 aromatic carbocycles. The highest BCUT2D eigenvalue weighted by Gasteiger charge is 2.29. The molecule has 0 saturated carbocycles. The third kappa shape index (κ3) is 5.40. The Kier molecular flexibility index (Phi) is 5.81. The molecule has 0 aromatic heterocycles. The molecule has 134 valence electrons. The van der Waals surface area contributed by atoms with Crippen molar-refractivity contribution >= 4 is 17.5 Å². The van der Waals surface area contributed by atoms with Crippen LogP contribution in [0, 0.1) is 17.0 Å². The van der Waals surface area contributed by atoms with Crippen LogP contribution in [0.4, 0.5) is 16.2 Å². The van der Waals surface area contributed by atoms with E-state index in [-0.39, 0.29) is 5.69 Å². The van der Waals surface area contributed by atoms with Crippen molar-refractivity contribution in [2.45, 2.75) is 59.0 Å². The van der Waals surface area contributed by atoms with Crippen LogP contribution in [-0.2, 0) is 0 Å². The fourth-order valence-corrected chi connectivity index (χ4v) is 2.45. The summed E-state index contributed by atoms with van der Waals surface area (Å²) in [7, 11) is 0. The molecule has 0 bridgehead atoms. The fraction of sp³-hybridized carbons (Fsp3) is 0.588. The average molecular weight is 337 g/mol. The van der Waals surface area contributed by atoms with Gasteiger partial charge in [-0.05, 0) is 59.6 Å². The smallest absolute Gasteiger partial charge is 0.407 e. The maximum atomic E-state index is 11.4. The molecule has 1 rings (SSSR count). The van der Waals surface area contributed by atoms with Gasteiger partial charge in [0, 0.05) is 23.7 Å². The van der Waals surface area contributed by atoms with Crippen molar-refractivity contribution in [1.82, 2.24) is 4.90 Å². The number of hydrogen-bond donors (Lipinski definition) is 2. The number of carbonyl (C=O) groups is 1. The first-order valence-electron chi connectivity index (χ1n) is 7.87. The summed E-state index contributed by atoms with van der Waals surface area (Å²) in [5.74, 6) is 0. The van der Waals surface area contributed by atoms with E-state index in [0.29, 0.717) is 18.7 Å². The fourth-order valence-electron chi connectivity index (χ4n) is 2.45. The molecule has 1 amide bonds. The van der Waals surface area contributed by atoms with Gasteiger partial charge >= 0.3 is 6.09 Å². The summed E-state index contributed by atoms with van der Waals surface area (Å²) in [6.45, 7) is 11.5. The highest BCUT2D eigenvalue weighted by atomic mass is 16.6. The quantitative estimate of drug-likeness (QED) is 0.597. The summed E-state index contributed by atoms with van der Waals surface area (Å²) in [5, 5.41) is 23.7. The third-order valence-electron chi connectivity index (χ3n) is 3.82. The van der Waals surface area contributed by atoms with Crippen LogP contribution in [0.3, 0.4) is 0 Å². The normalized spacial score (nSPS) is 11.9. The molecule has 0 aliphatic rings. The molecular weight excluding hydrogens is 310 g/mol. The molecule has 0 unspecified atom stereocenters. The SMILES string of the molecule is Cc1ccc([N+](=O)[O-])c(NC(C)(C)CCN(C(=O)O)C(C)(C)C)c1. The number of nitrogens with zero attached hydrogens (tertiary/aromatic N) is 2. The Morgan fingerprint density at radius 3 is 2.33 bits per heavy atom. The number of rotatable bonds is 6. The molecule has 0 aliphatic carbocycles. The van der Waals surface area contributed by atoms with Gasteiger partial charge in [-0.25, -0.2) is 4.79 Å². The van der Waals surface area contributed by atoms with E-state index in [1.54, 1.807) is 12.1 Å². The van der Waals surface area contributed by atoms with E-state index < -0.39 is 22.1 Å². The van der Waals surface area contributed by atoms with Crippen molar-refractivity contribution < 1.29 is 14.8 Å². The standard InChI is InChI=1S/C17H27N3O4/c1-12-7-8-14(20(23)24)13(11-12)18-17(5,6)9-10-19(15(21)22)16(2,3)4/h7-8,11,18H,9-10H2,1-6H3,(H,21,22). The Bertz CT molecular complexity index is 621. The van der Waals surface area contributed by atoms with Crippen LogP contribution in [0.25, 0.3) is 0 Å². The maximum absolute atomic E-state index is 11.4. The number of benzene rings is 1. The number of nitrogens with one attached hydrogen (secondary N) is 1. The van der Waals surface area contributed by atoms with Gasteiger partial charge in [-0.3, -0.25) is 10.1 Å². The van der Waals surface area contributed by atoms with Crippen molar-refractivity contribution in [3.63, 3.8) is 0 Å². The monoisotopic (exact) mass is 337 g/mol. The zero-order valence-corrected chi connectivity index (χ0v) is 15.2. The van der Waals surface area contributed by atoms with Crippen LogP contribution in [0.5, 0.6) is 0 Å². The molecule has 0 fully saturated rings. The Morgan fingerprint density at radius 2 is 1.88 bits per heavy atom. The number of amides is 1. The molecule has 1 aromatic rings. The first-order valence-corrected chi connectivity index (χ1v) is 7.87. The minimum absolute atomic E-state index is 0.0135. The highest BCUT2D eigenvalue weighted by Crippen LogP contribution is 2.29. The van der Waals surface area contributed by atoms with Gasteiger partial charge in [0.05, 0.1) is 4.92 Å². The molecule has 2 N–H and O–H groups in total. The summed E-state index contributed by atoms with van der Waals surface area (Å²) >= 11 is 0. The van der Waals surface area contributed by atoms with Crippen LogP contribution < -0.4 is 5.32 Å². The number of nitro groups is 1. The Hall–Kier alpha value is -2.31. The average Bonchev–Trinajstić information content (AvgIpc) is 2.35. The third-order valence-corrected chi connectivity index (χ3v) is 3.82. The Labute approximate surface area is 142 Å². The summed E-state index contributed by atoms with van der Waals surface area (Å²) in [5.41, 5.74) is 0.373. The topological polar surface area (TPSA) is 95.7 Å². The predicted molar refractivity (Wildman–Crippen MR) is 94.6 cm³/mol. The zero-order valence-electron chi connectivity index (χ0n) is 15.2. The van der Waals surface area contributed by atoms with Gasteiger partial charge in [-0.1, -0.05) is 6.07 Å². The van der Waals surface area contributed by atoms with Gasteiger partial charge in [-0.2, -0.15) is 0 Å². The lowest BCUT2D eigenvalue weighted by Gasteiger charge is -2.36. The van der Waals surface area contributed by atoms with Crippen LogP contribution in [0.15, 0.2) is 18.2 Å². The van der Waals surface area contributed by atoms with Gasteiger partial charge in [0.2, 0.25) is 0 Å². The molecule has 7 heteroatoms. The lowest BCUT2D eigenvalue weighted by Crippen LogP contribution is -2.47. The second-order valence-corrected chi connectivity index (χ2v) is 7.64. The first-order chi connectivity index (χ1) is 10.8. The molecular formula is C17H27N3O4.